The average molecular weight is 224 g/mol. The Kier molecular flexibility index (Phi) is 2.51. The van der Waals surface area contributed by atoms with Crippen LogP contribution in [0.3, 0.4) is 0 Å². The number of nitrogens with two attached hydrogens (primary N) is 1. The molecule has 0 aliphatic heterocycles. The van der Waals surface area contributed by atoms with E-state index >= 15 is 0 Å². The van der Waals surface area contributed by atoms with Crippen molar-refractivity contribution in [1.82, 2.24) is 9.97 Å². The molecule has 0 saturated heterocycles. The maximum Gasteiger partial charge on any atom is 0.146 e. The van der Waals surface area contributed by atoms with Gasteiger partial charge in [-0.05, 0) is 24.3 Å². The largest absolute Gasteiger partial charge is 0.382 e. The molecule has 15 heavy (non-hydrogen) atoms. The second-order valence-corrected chi connectivity index (χ2v) is 3.31. The van der Waals surface area contributed by atoms with Gasteiger partial charge in [0.15, 0.2) is 0 Å². The van der Waals surface area contributed by atoms with Gasteiger partial charge in [-0.3, -0.25) is 0 Å². The van der Waals surface area contributed by atoms with E-state index in [1.54, 1.807) is 12.1 Å². The lowest BCUT2D eigenvalue weighted by molar-refractivity contribution is 0.628. The van der Waals surface area contributed by atoms with Gasteiger partial charge in [0.1, 0.15) is 23.0 Å². The van der Waals surface area contributed by atoms with E-state index in [0.717, 1.165) is 0 Å². The monoisotopic (exact) mass is 223 g/mol. The van der Waals surface area contributed by atoms with Gasteiger partial charge in [-0.15, -0.1) is 0 Å². The SMILES string of the molecule is Nc1ncnc(-c2ccc(F)cc2)c1Cl. The molecule has 5 heteroatoms. The van der Waals surface area contributed by atoms with Crippen molar-refractivity contribution in [2.45, 2.75) is 0 Å². The quantitative estimate of drug-likeness (QED) is 0.808. The molecule has 1 aromatic heterocycles. The standard InChI is InChI=1S/C10H7ClFN3/c11-8-9(14-5-15-10(8)13)6-1-3-7(12)4-2-6/h1-5H,(H2,13,14,15). The Morgan fingerprint density at radius 3 is 2.47 bits per heavy atom. The van der Waals surface area contributed by atoms with Gasteiger partial charge in [0.2, 0.25) is 0 Å². The van der Waals surface area contributed by atoms with Gasteiger partial charge >= 0.3 is 0 Å². The Morgan fingerprint density at radius 1 is 1.13 bits per heavy atom. The smallest absolute Gasteiger partial charge is 0.146 e. The molecule has 0 atom stereocenters. The summed E-state index contributed by atoms with van der Waals surface area (Å²) in [6.07, 6.45) is 1.32. The van der Waals surface area contributed by atoms with Crippen LogP contribution in [0.5, 0.6) is 0 Å². The van der Waals surface area contributed by atoms with E-state index in [4.69, 9.17) is 17.3 Å². The molecule has 1 aromatic carbocycles. The van der Waals surface area contributed by atoms with Gasteiger partial charge < -0.3 is 5.73 Å². The molecule has 0 radical (unpaired) electrons. The van der Waals surface area contributed by atoms with Gasteiger partial charge in [-0.25, -0.2) is 14.4 Å². The number of aromatic nitrogens is 2. The maximum atomic E-state index is 12.7. The number of hydrogen-bond donors (Lipinski definition) is 1. The van der Waals surface area contributed by atoms with Crippen LogP contribution in [0.15, 0.2) is 30.6 Å². The third kappa shape index (κ3) is 1.89. The van der Waals surface area contributed by atoms with Crippen LogP contribution in [0.25, 0.3) is 11.3 Å². The Bertz CT molecular complexity index is 485. The van der Waals surface area contributed by atoms with Crippen molar-refractivity contribution in [3.05, 3.63) is 41.4 Å². The van der Waals surface area contributed by atoms with Gasteiger partial charge in [0, 0.05) is 5.56 Å². The molecule has 76 valence electrons. The lowest BCUT2D eigenvalue weighted by atomic mass is 10.1. The van der Waals surface area contributed by atoms with Crippen molar-refractivity contribution in [3.8, 4) is 11.3 Å². The zero-order chi connectivity index (χ0) is 10.8. The van der Waals surface area contributed by atoms with Crippen LogP contribution < -0.4 is 5.73 Å². The molecule has 0 bridgehead atoms. The Hall–Kier alpha value is -1.68. The highest BCUT2D eigenvalue weighted by molar-refractivity contribution is 6.35. The van der Waals surface area contributed by atoms with E-state index in [-0.39, 0.29) is 16.7 Å². The summed E-state index contributed by atoms with van der Waals surface area (Å²) in [5.41, 5.74) is 6.74. The van der Waals surface area contributed by atoms with Gasteiger partial charge in [0.25, 0.3) is 0 Å². The molecule has 2 N–H and O–H groups in total. The van der Waals surface area contributed by atoms with E-state index in [0.29, 0.717) is 11.3 Å². The second-order valence-electron chi connectivity index (χ2n) is 2.93. The van der Waals surface area contributed by atoms with Gasteiger partial charge in [0.05, 0.1) is 5.69 Å². The number of nitrogens with zero attached hydrogens (tertiary/aromatic N) is 2. The number of hydrogen-bond acceptors (Lipinski definition) is 3. The summed E-state index contributed by atoms with van der Waals surface area (Å²) in [4.78, 5) is 7.74. The summed E-state index contributed by atoms with van der Waals surface area (Å²) in [7, 11) is 0. The zero-order valence-corrected chi connectivity index (χ0v) is 8.37. The van der Waals surface area contributed by atoms with Crippen LogP contribution in [0.2, 0.25) is 5.02 Å². The van der Waals surface area contributed by atoms with Crippen LogP contribution in [0, 0.1) is 5.82 Å². The minimum absolute atomic E-state index is 0.214. The van der Waals surface area contributed by atoms with Crippen molar-refractivity contribution in [2.75, 3.05) is 5.73 Å². The molecule has 2 aromatic rings. The first kappa shape index (κ1) is 9.86. The first-order valence-electron chi connectivity index (χ1n) is 4.20. The van der Waals surface area contributed by atoms with Crippen molar-refractivity contribution in [2.24, 2.45) is 0 Å². The molecule has 2 rings (SSSR count). The zero-order valence-electron chi connectivity index (χ0n) is 7.61. The number of benzene rings is 1. The van der Waals surface area contributed by atoms with Crippen molar-refractivity contribution < 1.29 is 4.39 Å². The number of rotatable bonds is 1. The molecule has 1 heterocycles. The second kappa shape index (κ2) is 3.82. The van der Waals surface area contributed by atoms with Crippen molar-refractivity contribution in [3.63, 3.8) is 0 Å². The molecule has 0 aliphatic rings. The Balaban J connectivity index is 2.54. The van der Waals surface area contributed by atoms with E-state index in [2.05, 4.69) is 9.97 Å². The number of nitrogen functional groups attached to an aromatic ring is 1. The van der Waals surface area contributed by atoms with E-state index in [1.807, 2.05) is 0 Å². The highest BCUT2D eigenvalue weighted by Crippen LogP contribution is 2.28. The molecule has 0 fully saturated rings. The predicted octanol–water partition coefficient (Wildman–Crippen LogP) is 2.52. The fourth-order valence-electron chi connectivity index (χ4n) is 1.19. The Morgan fingerprint density at radius 2 is 1.80 bits per heavy atom. The highest BCUT2D eigenvalue weighted by atomic mass is 35.5. The summed E-state index contributed by atoms with van der Waals surface area (Å²) in [5, 5.41) is 0.282. The number of anilines is 1. The van der Waals surface area contributed by atoms with Crippen molar-refractivity contribution >= 4 is 17.4 Å². The summed E-state index contributed by atoms with van der Waals surface area (Å²) >= 11 is 5.92. The number of halogens is 2. The van der Waals surface area contributed by atoms with Gasteiger partial charge in [-0.1, -0.05) is 11.6 Å². The molecule has 0 saturated carbocycles. The van der Waals surface area contributed by atoms with Crippen molar-refractivity contribution in [1.29, 1.82) is 0 Å². The fourth-order valence-corrected chi connectivity index (χ4v) is 1.40. The predicted molar refractivity (Wildman–Crippen MR) is 56.8 cm³/mol. The minimum Gasteiger partial charge on any atom is -0.382 e. The maximum absolute atomic E-state index is 12.7. The highest BCUT2D eigenvalue weighted by Gasteiger charge is 2.08. The lowest BCUT2D eigenvalue weighted by Gasteiger charge is -2.04. The molecular weight excluding hydrogens is 217 g/mol. The molecule has 0 aliphatic carbocycles. The third-order valence-electron chi connectivity index (χ3n) is 1.93. The molecule has 0 unspecified atom stereocenters. The molecule has 0 amide bonds. The topological polar surface area (TPSA) is 51.8 Å². The van der Waals surface area contributed by atoms with E-state index in [1.165, 1.54) is 18.5 Å². The van der Waals surface area contributed by atoms with Crippen LogP contribution in [0.4, 0.5) is 10.2 Å². The van der Waals surface area contributed by atoms with Crippen LogP contribution >= 0.6 is 11.6 Å². The minimum atomic E-state index is -0.308. The molecule has 0 spiro atoms. The van der Waals surface area contributed by atoms with E-state index in [9.17, 15) is 4.39 Å². The molecular formula is C10H7ClFN3. The van der Waals surface area contributed by atoms with Crippen LogP contribution in [0.1, 0.15) is 0 Å². The third-order valence-corrected chi connectivity index (χ3v) is 2.31. The summed E-state index contributed by atoms with van der Waals surface area (Å²) < 4.78 is 12.7. The summed E-state index contributed by atoms with van der Waals surface area (Å²) in [6.45, 7) is 0. The lowest BCUT2D eigenvalue weighted by Crippen LogP contribution is -1.95. The van der Waals surface area contributed by atoms with Gasteiger partial charge in [-0.2, -0.15) is 0 Å². The molecule has 3 nitrogen and oxygen atoms in total. The van der Waals surface area contributed by atoms with E-state index < -0.39 is 0 Å². The normalized spacial score (nSPS) is 10.3. The first-order valence-corrected chi connectivity index (χ1v) is 4.58. The summed E-state index contributed by atoms with van der Waals surface area (Å²) in [6, 6.07) is 5.85. The Labute approximate surface area is 90.7 Å². The fraction of sp³-hybridized carbons (Fsp3) is 0. The summed E-state index contributed by atoms with van der Waals surface area (Å²) in [5.74, 6) is -0.0945. The first-order chi connectivity index (χ1) is 7.18. The van der Waals surface area contributed by atoms with Crippen LogP contribution in [-0.2, 0) is 0 Å². The van der Waals surface area contributed by atoms with Crippen LogP contribution in [-0.4, -0.2) is 9.97 Å². The average Bonchev–Trinajstić information content (AvgIpc) is 2.24.